The lowest BCUT2D eigenvalue weighted by Gasteiger charge is -2.07. The molecule has 0 atom stereocenters. The Kier molecular flexibility index (Phi) is 5.33. The van der Waals surface area contributed by atoms with Crippen LogP contribution >= 0.6 is 0 Å². The van der Waals surface area contributed by atoms with Gasteiger partial charge in [-0.3, -0.25) is 0 Å². The third-order valence-electron chi connectivity index (χ3n) is 2.47. The fraction of sp³-hybridized carbons (Fsp3) is 0.462. The molecule has 0 spiro atoms. The molecule has 4 nitrogen and oxygen atoms in total. The van der Waals surface area contributed by atoms with E-state index in [4.69, 9.17) is 9.84 Å². The zero-order chi connectivity index (χ0) is 12.7. The Morgan fingerprint density at radius 1 is 1.29 bits per heavy atom. The number of hydrogen-bond acceptors (Lipinski definition) is 3. The Hall–Kier alpha value is -1.71. The number of hydrogen-bond donors (Lipinski definition) is 2. The quantitative estimate of drug-likeness (QED) is 0.716. The summed E-state index contributed by atoms with van der Waals surface area (Å²) in [5.41, 5.74) is -0.129. The van der Waals surface area contributed by atoms with Crippen molar-refractivity contribution in [2.75, 3.05) is 6.61 Å². The van der Waals surface area contributed by atoms with Gasteiger partial charge < -0.3 is 14.9 Å². The van der Waals surface area contributed by atoms with Crippen LogP contribution in [0, 0.1) is 0 Å². The van der Waals surface area contributed by atoms with E-state index in [1.165, 1.54) is 25.0 Å². The van der Waals surface area contributed by atoms with Crippen LogP contribution in [0.3, 0.4) is 0 Å². The van der Waals surface area contributed by atoms with E-state index in [2.05, 4.69) is 6.92 Å². The molecule has 0 saturated carbocycles. The predicted molar refractivity (Wildman–Crippen MR) is 64.7 cm³/mol. The molecule has 0 saturated heterocycles. The SMILES string of the molecule is CCCCCCOc1ccc(O)c(C(=O)O)c1. The van der Waals surface area contributed by atoms with Gasteiger partial charge in [0.2, 0.25) is 0 Å². The lowest BCUT2D eigenvalue weighted by molar-refractivity contribution is 0.0693. The minimum Gasteiger partial charge on any atom is -0.507 e. The summed E-state index contributed by atoms with van der Waals surface area (Å²) in [5, 5.41) is 18.1. The number of aromatic carboxylic acids is 1. The number of aromatic hydroxyl groups is 1. The van der Waals surface area contributed by atoms with Gasteiger partial charge in [-0.15, -0.1) is 0 Å². The van der Waals surface area contributed by atoms with Crippen LogP contribution in [0.4, 0.5) is 0 Å². The van der Waals surface area contributed by atoms with Crippen molar-refractivity contribution < 1.29 is 19.7 Å². The van der Waals surface area contributed by atoms with E-state index in [-0.39, 0.29) is 11.3 Å². The van der Waals surface area contributed by atoms with E-state index < -0.39 is 5.97 Å². The third-order valence-corrected chi connectivity index (χ3v) is 2.47. The maximum absolute atomic E-state index is 10.8. The molecule has 1 aromatic carbocycles. The van der Waals surface area contributed by atoms with Crippen LogP contribution in [-0.2, 0) is 0 Å². The number of carboxylic acid groups (broad SMARTS) is 1. The molecule has 0 amide bonds. The average Bonchev–Trinajstić information content (AvgIpc) is 2.30. The minimum atomic E-state index is -1.15. The molecule has 0 aromatic heterocycles. The molecule has 0 aliphatic carbocycles. The lowest BCUT2D eigenvalue weighted by Crippen LogP contribution is -2.00. The highest BCUT2D eigenvalue weighted by atomic mass is 16.5. The van der Waals surface area contributed by atoms with Crippen LogP contribution in [0.25, 0.3) is 0 Å². The molecule has 0 radical (unpaired) electrons. The molecule has 1 aromatic rings. The van der Waals surface area contributed by atoms with Crippen molar-refractivity contribution in [3.8, 4) is 11.5 Å². The first kappa shape index (κ1) is 13.4. The monoisotopic (exact) mass is 238 g/mol. The molecule has 0 unspecified atom stereocenters. The lowest BCUT2D eigenvalue weighted by atomic mass is 10.2. The first-order valence-corrected chi connectivity index (χ1v) is 5.84. The van der Waals surface area contributed by atoms with E-state index in [0.717, 1.165) is 12.8 Å². The summed E-state index contributed by atoms with van der Waals surface area (Å²) >= 11 is 0. The van der Waals surface area contributed by atoms with Crippen molar-refractivity contribution in [2.24, 2.45) is 0 Å². The molecule has 0 bridgehead atoms. The van der Waals surface area contributed by atoms with Gasteiger partial charge in [0.1, 0.15) is 17.1 Å². The van der Waals surface area contributed by atoms with E-state index in [0.29, 0.717) is 12.4 Å². The third kappa shape index (κ3) is 4.34. The zero-order valence-corrected chi connectivity index (χ0v) is 9.98. The Morgan fingerprint density at radius 2 is 2.06 bits per heavy atom. The van der Waals surface area contributed by atoms with Crippen molar-refractivity contribution in [3.05, 3.63) is 23.8 Å². The Morgan fingerprint density at radius 3 is 2.71 bits per heavy atom. The highest BCUT2D eigenvalue weighted by Gasteiger charge is 2.10. The molecule has 0 aliphatic heterocycles. The molecule has 0 aliphatic rings. The Bertz CT molecular complexity index is 374. The van der Waals surface area contributed by atoms with Crippen LogP contribution in [0.1, 0.15) is 43.0 Å². The summed E-state index contributed by atoms with van der Waals surface area (Å²) in [6.45, 7) is 2.71. The average molecular weight is 238 g/mol. The van der Waals surface area contributed by atoms with Crippen LogP contribution < -0.4 is 4.74 Å². The number of carboxylic acids is 1. The zero-order valence-electron chi connectivity index (χ0n) is 9.98. The topological polar surface area (TPSA) is 66.8 Å². The number of unbranched alkanes of at least 4 members (excludes halogenated alkanes) is 3. The molecule has 0 heterocycles. The normalized spacial score (nSPS) is 10.2. The van der Waals surface area contributed by atoms with Crippen molar-refractivity contribution >= 4 is 5.97 Å². The van der Waals surface area contributed by atoms with Gasteiger partial charge in [-0.25, -0.2) is 4.79 Å². The second-order valence-electron chi connectivity index (χ2n) is 3.89. The highest BCUT2D eigenvalue weighted by molar-refractivity contribution is 5.91. The molecule has 0 fully saturated rings. The molecule has 2 N–H and O–H groups in total. The molecule has 17 heavy (non-hydrogen) atoms. The number of phenols is 1. The Labute approximate surface area is 101 Å². The first-order valence-electron chi connectivity index (χ1n) is 5.84. The molecular weight excluding hydrogens is 220 g/mol. The maximum atomic E-state index is 10.8. The summed E-state index contributed by atoms with van der Waals surface area (Å²) in [5.74, 6) is -0.911. The standard InChI is InChI=1S/C13H18O4/c1-2-3-4-5-8-17-10-6-7-12(14)11(9-10)13(15)16/h6-7,9,14H,2-5,8H2,1H3,(H,15,16). The summed E-state index contributed by atoms with van der Waals surface area (Å²) in [6.07, 6.45) is 4.42. The van der Waals surface area contributed by atoms with Crippen LogP contribution in [-0.4, -0.2) is 22.8 Å². The minimum absolute atomic E-state index is 0.129. The smallest absolute Gasteiger partial charge is 0.339 e. The van der Waals surface area contributed by atoms with Crippen LogP contribution in [0.5, 0.6) is 11.5 Å². The number of carbonyl (C=O) groups is 1. The van der Waals surface area contributed by atoms with Crippen molar-refractivity contribution in [1.82, 2.24) is 0 Å². The maximum Gasteiger partial charge on any atom is 0.339 e. The van der Waals surface area contributed by atoms with E-state index in [1.807, 2.05) is 0 Å². The van der Waals surface area contributed by atoms with Gasteiger partial charge in [-0.05, 0) is 24.6 Å². The number of rotatable bonds is 7. The van der Waals surface area contributed by atoms with Gasteiger partial charge in [-0.2, -0.15) is 0 Å². The van der Waals surface area contributed by atoms with Gasteiger partial charge in [0.15, 0.2) is 0 Å². The Balaban J connectivity index is 2.49. The fourth-order valence-electron chi connectivity index (χ4n) is 1.50. The molecule has 4 heteroatoms. The van der Waals surface area contributed by atoms with Crippen molar-refractivity contribution in [1.29, 1.82) is 0 Å². The second kappa shape index (κ2) is 6.78. The summed E-state index contributed by atoms with van der Waals surface area (Å²) in [6, 6.07) is 4.25. The molecule has 94 valence electrons. The largest absolute Gasteiger partial charge is 0.507 e. The van der Waals surface area contributed by atoms with E-state index in [9.17, 15) is 9.90 Å². The summed E-state index contributed by atoms with van der Waals surface area (Å²) in [4.78, 5) is 10.8. The number of ether oxygens (including phenoxy) is 1. The fourth-order valence-corrected chi connectivity index (χ4v) is 1.50. The molecule has 1 rings (SSSR count). The summed E-state index contributed by atoms with van der Waals surface area (Å²) in [7, 11) is 0. The predicted octanol–water partition coefficient (Wildman–Crippen LogP) is 3.05. The number of benzene rings is 1. The first-order chi connectivity index (χ1) is 8.15. The van der Waals surface area contributed by atoms with Gasteiger partial charge in [0, 0.05) is 0 Å². The highest BCUT2D eigenvalue weighted by Crippen LogP contribution is 2.23. The van der Waals surface area contributed by atoms with Crippen LogP contribution in [0.2, 0.25) is 0 Å². The van der Waals surface area contributed by atoms with E-state index in [1.54, 1.807) is 6.07 Å². The molecular formula is C13H18O4. The van der Waals surface area contributed by atoms with Crippen molar-refractivity contribution in [2.45, 2.75) is 32.6 Å². The van der Waals surface area contributed by atoms with Crippen molar-refractivity contribution in [3.63, 3.8) is 0 Å². The van der Waals surface area contributed by atoms with Gasteiger partial charge >= 0.3 is 5.97 Å². The summed E-state index contributed by atoms with van der Waals surface area (Å²) < 4.78 is 5.42. The van der Waals surface area contributed by atoms with E-state index >= 15 is 0 Å². The van der Waals surface area contributed by atoms with Gasteiger partial charge in [0.25, 0.3) is 0 Å². The second-order valence-corrected chi connectivity index (χ2v) is 3.89. The van der Waals surface area contributed by atoms with Gasteiger partial charge in [0.05, 0.1) is 6.61 Å². The van der Waals surface area contributed by atoms with Gasteiger partial charge in [-0.1, -0.05) is 26.2 Å². The van der Waals surface area contributed by atoms with Crippen LogP contribution in [0.15, 0.2) is 18.2 Å².